The van der Waals surface area contributed by atoms with Crippen LogP contribution in [0.3, 0.4) is 0 Å². The highest BCUT2D eigenvalue weighted by molar-refractivity contribution is 6.33. The number of nitrogens with zero attached hydrogens (tertiary/aromatic N) is 5. The van der Waals surface area contributed by atoms with E-state index in [0.29, 0.717) is 11.6 Å². The number of aryl methyl sites for hydroxylation is 1. The molecule has 3 rings (SSSR count). The first-order valence-electron chi connectivity index (χ1n) is 6.08. The van der Waals surface area contributed by atoms with Gasteiger partial charge in [0.1, 0.15) is 18.3 Å². The molecule has 7 heteroatoms. The number of aromatic nitrogens is 5. The summed E-state index contributed by atoms with van der Waals surface area (Å²) in [5.74, 6) is 0. The minimum absolute atomic E-state index is 0.616. The number of halogens is 1. The number of anilines is 1. The van der Waals surface area contributed by atoms with E-state index >= 15 is 0 Å². The zero-order valence-electron chi connectivity index (χ0n) is 10.9. The Morgan fingerprint density at radius 3 is 2.85 bits per heavy atom. The standard InChI is InChI=1S/C13H13ClN6/c1-19-8-15-5-10(19)6-17-12-4-2-3-11(14)13(12)20-9-16-7-18-20/h2-5,7-9,17H,6H2,1H3. The van der Waals surface area contributed by atoms with Crippen LogP contribution in [-0.4, -0.2) is 24.3 Å². The molecule has 2 heterocycles. The van der Waals surface area contributed by atoms with E-state index in [9.17, 15) is 0 Å². The molecule has 2 aromatic heterocycles. The fourth-order valence-corrected chi connectivity index (χ4v) is 2.22. The molecule has 0 aliphatic rings. The number of nitrogens with one attached hydrogen (secondary N) is 1. The lowest BCUT2D eigenvalue weighted by molar-refractivity contribution is 0.833. The molecule has 20 heavy (non-hydrogen) atoms. The third-order valence-corrected chi connectivity index (χ3v) is 3.32. The molecule has 0 aliphatic carbocycles. The van der Waals surface area contributed by atoms with E-state index in [1.807, 2.05) is 36.0 Å². The Morgan fingerprint density at radius 1 is 1.25 bits per heavy atom. The molecule has 0 amide bonds. The first-order valence-corrected chi connectivity index (χ1v) is 6.46. The number of hydrogen-bond donors (Lipinski definition) is 1. The predicted octanol–water partition coefficient (Wildman–Crippen LogP) is 2.27. The summed E-state index contributed by atoms with van der Waals surface area (Å²) in [4.78, 5) is 8.05. The van der Waals surface area contributed by atoms with Gasteiger partial charge >= 0.3 is 0 Å². The average molecular weight is 289 g/mol. The molecular weight excluding hydrogens is 276 g/mol. The summed E-state index contributed by atoms with van der Waals surface area (Å²) < 4.78 is 3.61. The Kier molecular flexibility index (Phi) is 3.39. The molecule has 0 atom stereocenters. The Hall–Kier alpha value is -2.34. The lowest BCUT2D eigenvalue weighted by atomic mass is 10.2. The molecule has 6 nitrogen and oxygen atoms in total. The topological polar surface area (TPSA) is 60.6 Å². The van der Waals surface area contributed by atoms with Crippen molar-refractivity contribution in [2.75, 3.05) is 5.32 Å². The zero-order valence-corrected chi connectivity index (χ0v) is 11.6. The average Bonchev–Trinajstić information content (AvgIpc) is 3.08. The van der Waals surface area contributed by atoms with Crippen molar-refractivity contribution in [2.45, 2.75) is 6.54 Å². The Bertz CT molecular complexity index is 703. The van der Waals surface area contributed by atoms with Crippen LogP contribution in [-0.2, 0) is 13.6 Å². The highest BCUT2D eigenvalue weighted by Gasteiger charge is 2.10. The van der Waals surface area contributed by atoms with Crippen LogP contribution in [0, 0.1) is 0 Å². The minimum atomic E-state index is 0.616. The molecule has 1 aromatic carbocycles. The lowest BCUT2D eigenvalue weighted by Gasteiger charge is -2.13. The number of hydrogen-bond acceptors (Lipinski definition) is 4. The maximum Gasteiger partial charge on any atom is 0.138 e. The fraction of sp³-hybridized carbons (Fsp3) is 0.154. The van der Waals surface area contributed by atoms with Gasteiger partial charge in [0, 0.05) is 13.2 Å². The summed E-state index contributed by atoms with van der Waals surface area (Å²) in [6, 6.07) is 5.68. The van der Waals surface area contributed by atoms with E-state index in [1.54, 1.807) is 17.3 Å². The summed E-state index contributed by atoms with van der Waals surface area (Å²) >= 11 is 6.27. The van der Waals surface area contributed by atoms with Gasteiger partial charge in [-0.05, 0) is 12.1 Å². The molecular formula is C13H13ClN6. The van der Waals surface area contributed by atoms with Crippen LogP contribution in [0.4, 0.5) is 5.69 Å². The molecule has 0 radical (unpaired) electrons. The van der Waals surface area contributed by atoms with E-state index in [0.717, 1.165) is 17.1 Å². The SMILES string of the molecule is Cn1cncc1CNc1cccc(Cl)c1-n1cncn1. The van der Waals surface area contributed by atoms with Crippen molar-refractivity contribution < 1.29 is 0 Å². The summed E-state index contributed by atoms with van der Waals surface area (Å²) in [6.45, 7) is 0.651. The van der Waals surface area contributed by atoms with Crippen LogP contribution in [0.15, 0.2) is 43.4 Å². The number of benzene rings is 1. The quantitative estimate of drug-likeness (QED) is 0.800. The van der Waals surface area contributed by atoms with Gasteiger partial charge < -0.3 is 9.88 Å². The van der Waals surface area contributed by atoms with Crippen LogP contribution in [0.1, 0.15) is 5.69 Å². The number of para-hydroxylation sites is 1. The van der Waals surface area contributed by atoms with Crippen molar-refractivity contribution >= 4 is 17.3 Å². The molecule has 1 N–H and O–H groups in total. The predicted molar refractivity (Wildman–Crippen MR) is 76.9 cm³/mol. The third kappa shape index (κ3) is 2.37. The molecule has 102 valence electrons. The van der Waals surface area contributed by atoms with Crippen LogP contribution in [0.2, 0.25) is 5.02 Å². The second-order valence-electron chi connectivity index (χ2n) is 4.33. The van der Waals surface area contributed by atoms with Crippen LogP contribution in [0.5, 0.6) is 0 Å². The molecule has 0 saturated heterocycles. The molecule has 0 unspecified atom stereocenters. The number of imidazole rings is 1. The third-order valence-electron chi connectivity index (χ3n) is 3.01. The maximum absolute atomic E-state index is 6.27. The second-order valence-corrected chi connectivity index (χ2v) is 4.73. The highest BCUT2D eigenvalue weighted by Crippen LogP contribution is 2.28. The fourth-order valence-electron chi connectivity index (χ4n) is 1.96. The van der Waals surface area contributed by atoms with Crippen LogP contribution >= 0.6 is 11.6 Å². The Morgan fingerprint density at radius 2 is 2.15 bits per heavy atom. The largest absolute Gasteiger partial charge is 0.378 e. The van der Waals surface area contributed by atoms with Crippen LogP contribution < -0.4 is 5.32 Å². The normalized spacial score (nSPS) is 10.7. The molecule has 0 saturated carbocycles. The second kappa shape index (κ2) is 5.34. The smallest absolute Gasteiger partial charge is 0.138 e. The van der Waals surface area contributed by atoms with Gasteiger partial charge in [-0.25, -0.2) is 14.6 Å². The Labute approximate surface area is 121 Å². The van der Waals surface area contributed by atoms with E-state index in [-0.39, 0.29) is 0 Å². The van der Waals surface area contributed by atoms with Crippen molar-refractivity contribution in [3.05, 3.63) is 54.1 Å². The van der Waals surface area contributed by atoms with E-state index in [2.05, 4.69) is 20.4 Å². The van der Waals surface area contributed by atoms with E-state index in [1.165, 1.54) is 6.33 Å². The first kappa shape index (κ1) is 12.7. The van der Waals surface area contributed by atoms with Crippen LogP contribution in [0.25, 0.3) is 5.69 Å². The number of rotatable bonds is 4. The molecule has 3 aromatic rings. The van der Waals surface area contributed by atoms with Gasteiger partial charge in [-0.1, -0.05) is 17.7 Å². The van der Waals surface area contributed by atoms with Crippen molar-refractivity contribution in [1.29, 1.82) is 0 Å². The maximum atomic E-state index is 6.27. The summed E-state index contributed by atoms with van der Waals surface area (Å²) in [6.07, 6.45) is 6.70. The van der Waals surface area contributed by atoms with Crippen molar-refractivity contribution in [3.63, 3.8) is 0 Å². The van der Waals surface area contributed by atoms with Gasteiger partial charge in [-0.3, -0.25) is 0 Å². The van der Waals surface area contributed by atoms with Gasteiger partial charge in [0.25, 0.3) is 0 Å². The lowest BCUT2D eigenvalue weighted by Crippen LogP contribution is -2.07. The molecule has 0 aliphatic heterocycles. The zero-order chi connectivity index (χ0) is 13.9. The van der Waals surface area contributed by atoms with Gasteiger partial charge in [0.15, 0.2) is 0 Å². The minimum Gasteiger partial charge on any atom is -0.378 e. The van der Waals surface area contributed by atoms with Crippen molar-refractivity contribution in [1.82, 2.24) is 24.3 Å². The molecule has 0 fully saturated rings. The van der Waals surface area contributed by atoms with Crippen molar-refractivity contribution in [3.8, 4) is 5.69 Å². The molecule has 0 bridgehead atoms. The highest BCUT2D eigenvalue weighted by atomic mass is 35.5. The molecule has 0 spiro atoms. The van der Waals surface area contributed by atoms with Gasteiger partial charge in [0.2, 0.25) is 0 Å². The summed E-state index contributed by atoms with van der Waals surface area (Å²) in [5, 5.41) is 8.10. The van der Waals surface area contributed by atoms with Gasteiger partial charge in [-0.15, -0.1) is 0 Å². The van der Waals surface area contributed by atoms with Gasteiger partial charge in [0.05, 0.1) is 29.3 Å². The summed E-state index contributed by atoms with van der Waals surface area (Å²) in [7, 11) is 1.96. The van der Waals surface area contributed by atoms with Gasteiger partial charge in [-0.2, -0.15) is 5.10 Å². The van der Waals surface area contributed by atoms with Crippen molar-refractivity contribution in [2.24, 2.45) is 7.05 Å². The monoisotopic (exact) mass is 288 g/mol. The summed E-state index contributed by atoms with van der Waals surface area (Å²) in [5.41, 5.74) is 2.76. The first-order chi connectivity index (χ1) is 9.75. The van der Waals surface area contributed by atoms with E-state index < -0.39 is 0 Å². The Balaban J connectivity index is 1.90. The van der Waals surface area contributed by atoms with E-state index in [4.69, 9.17) is 11.6 Å².